The molecule has 0 unspecified atom stereocenters. The molecule has 0 amide bonds. The van der Waals surface area contributed by atoms with Gasteiger partial charge in [-0.15, -0.1) is 5.54 Å². The maximum absolute atomic E-state index is 5.96. The SMILES string of the molecule is C[C@@H](C#C[Si](C)(C)c1ccccc1)O[Si](C)(C)C. The van der Waals surface area contributed by atoms with E-state index in [2.05, 4.69) is 81.5 Å². The summed E-state index contributed by atoms with van der Waals surface area (Å²) in [5, 5.41) is 1.39. The minimum Gasteiger partial charge on any atom is -0.404 e. The van der Waals surface area contributed by atoms with Gasteiger partial charge >= 0.3 is 0 Å². The predicted octanol–water partition coefficient (Wildman–Crippen LogP) is 3.38. The van der Waals surface area contributed by atoms with E-state index in [4.69, 9.17) is 4.43 Å². The summed E-state index contributed by atoms with van der Waals surface area (Å²) in [7, 11) is -3.13. The number of rotatable bonds is 3. The van der Waals surface area contributed by atoms with Crippen molar-refractivity contribution >= 4 is 21.6 Å². The monoisotopic (exact) mass is 276 g/mol. The van der Waals surface area contributed by atoms with E-state index in [9.17, 15) is 0 Å². The van der Waals surface area contributed by atoms with Gasteiger partial charge < -0.3 is 4.43 Å². The van der Waals surface area contributed by atoms with Gasteiger partial charge in [0.05, 0.1) is 0 Å². The van der Waals surface area contributed by atoms with E-state index < -0.39 is 16.4 Å². The molecule has 0 aliphatic heterocycles. The van der Waals surface area contributed by atoms with Gasteiger partial charge in [0.2, 0.25) is 0 Å². The number of hydrogen-bond donors (Lipinski definition) is 0. The van der Waals surface area contributed by atoms with E-state index in [-0.39, 0.29) is 6.10 Å². The maximum Gasteiger partial charge on any atom is 0.185 e. The van der Waals surface area contributed by atoms with E-state index in [1.807, 2.05) is 0 Å². The summed E-state index contributed by atoms with van der Waals surface area (Å²) in [6, 6.07) is 10.6. The van der Waals surface area contributed by atoms with Crippen molar-refractivity contribution in [1.82, 2.24) is 0 Å². The molecule has 0 bridgehead atoms. The third kappa shape index (κ3) is 5.22. The summed E-state index contributed by atoms with van der Waals surface area (Å²) in [5.74, 6) is 3.30. The molecule has 1 rings (SSSR count). The fraction of sp³-hybridized carbons (Fsp3) is 0.467. The van der Waals surface area contributed by atoms with Gasteiger partial charge in [0, 0.05) is 0 Å². The Kier molecular flexibility index (Phi) is 4.97. The standard InChI is InChI=1S/C15H24OSi2/c1-14(16-17(2,3)4)12-13-18(5,6)15-10-8-7-9-11-15/h7-11,14H,1-6H3/t14-/m0/s1. The molecule has 1 aromatic carbocycles. The molecule has 0 saturated heterocycles. The summed E-state index contributed by atoms with van der Waals surface area (Å²) in [5.41, 5.74) is 3.48. The second-order valence-electron chi connectivity index (χ2n) is 6.13. The lowest BCUT2D eigenvalue weighted by molar-refractivity contribution is 0.272. The molecule has 0 aromatic heterocycles. The van der Waals surface area contributed by atoms with Crippen molar-refractivity contribution in [3.8, 4) is 11.5 Å². The topological polar surface area (TPSA) is 9.23 Å². The van der Waals surface area contributed by atoms with Gasteiger partial charge in [-0.2, -0.15) is 0 Å². The molecule has 0 N–H and O–H groups in total. The highest BCUT2D eigenvalue weighted by Crippen LogP contribution is 2.07. The Bertz CT molecular complexity index is 435. The maximum atomic E-state index is 5.96. The third-order valence-corrected chi connectivity index (χ3v) is 6.22. The van der Waals surface area contributed by atoms with Crippen LogP contribution in [0.5, 0.6) is 0 Å². The lowest BCUT2D eigenvalue weighted by atomic mass is 10.4. The molecule has 3 heteroatoms. The van der Waals surface area contributed by atoms with Crippen molar-refractivity contribution in [3.05, 3.63) is 30.3 Å². The van der Waals surface area contributed by atoms with E-state index in [0.29, 0.717) is 0 Å². The van der Waals surface area contributed by atoms with Gasteiger partial charge in [0.15, 0.2) is 16.4 Å². The Hall–Kier alpha value is -0.826. The first kappa shape index (κ1) is 15.2. The van der Waals surface area contributed by atoms with Crippen molar-refractivity contribution < 1.29 is 4.43 Å². The zero-order valence-electron chi connectivity index (χ0n) is 12.4. The molecular weight excluding hydrogens is 252 g/mol. The second-order valence-corrected chi connectivity index (χ2v) is 14.7. The Morgan fingerprint density at radius 2 is 1.56 bits per heavy atom. The fourth-order valence-corrected chi connectivity index (χ4v) is 4.62. The van der Waals surface area contributed by atoms with Crippen LogP contribution in [-0.4, -0.2) is 22.5 Å². The zero-order valence-corrected chi connectivity index (χ0v) is 14.4. The van der Waals surface area contributed by atoms with Crippen LogP contribution in [0.25, 0.3) is 0 Å². The lowest BCUT2D eigenvalue weighted by Gasteiger charge is -2.21. The molecule has 1 aromatic rings. The average molecular weight is 277 g/mol. The van der Waals surface area contributed by atoms with Crippen LogP contribution in [0.15, 0.2) is 30.3 Å². The molecule has 98 valence electrons. The summed E-state index contributed by atoms with van der Waals surface area (Å²) >= 11 is 0. The summed E-state index contributed by atoms with van der Waals surface area (Å²) < 4.78 is 5.96. The smallest absolute Gasteiger partial charge is 0.185 e. The summed E-state index contributed by atoms with van der Waals surface area (Å²) in [6.07, 6.45) is 0.0483. The fourth-order valence-electron chi connectivity index (χ4n) is 1.77. The highest BCUT2D eigenvalue weighted by Gasteiger charge is 2.21. The van der Waals surface area contributed by atoms with Crippen LogP contribution in [0.2, 0.25) is 32.7 Å². The van der Waals surface area contributed by atoms with E-state index in [1.54, 1.807) is 0 Å². The van der Waals surface area contributed by atoms with Crippen LogP contribution in [0, 0.1) is 11.5 Å². The van der Waals surface area contributed by atoms with Gasteiger partial charge in [0.1, 0.15) is 6.10 Å². The minimum absolute atomic E-state index is 0.0483. The molecule has 18 heavy (non-hydrogen) atoms. The first-order valence-corrected chi connectivity index (χ1v) is 12.9. The number of hydrogen-bond acceptors (Lipinski definition) is 1. The van der Waals surface area contributed by atoms with Crippen molar-refractivity contribution in [2.45, 2.75) is 45.8 Å². The third-order valence-electron chi connectivity index (χ3n) is 2.61. The Morgan fingerprint density at radius 1 is 1.00 bits per heavy atom. The molecule has 1 nitrogen and oxygen atoms in total. The second kappa shape index (κ2) is 5.88. The highest BCUT2D eigenvalue weighted by atomic mass is 28.4. The number of benzene rings is 1. The summed E-state index contributed by atoms with van der Waals surface area (Å²) in [4.78, 5) is 0. The molecule has 0 saturated carbocycles. The molecular formula is C15H24OSi2. The van der Waals surface area contributed by atoms with E-state index in [1.165, 1.54) is 5.19 Å². The molecule has 0 heterocycles. The molecule has 0 aliphatic carbocycles. The van der Waals surface area contributed by atoms with Crippen LogP contribution in [-0.2, 0) is 4.43 Å². The summed E-state index contributed by atoms with van der Waals surface area (Å²) in [6.45, 7) is 13.2. The zero-order chi connectivity index (χ0) is 13.8. The van der Waals surface area contributed by atoms with Gasteiger partial charge in [-0.3, -0.25) is 0 Å². The molecule has 0 radical (unpaired) electrons. The van der Waals surface area contributed by atoms with Crippen LogP contribution >= 0.6 is 0 Å². The lowest BCUT2D eigenvalue weighted by Crippen LogP contribution is -2.40. The van der Waals surface area contributed by atoms with Crippen LogP contribution in [0.3, 0.4) is 0 Å². The van der Waals surface area contributed by atoms with E-state index >= 15 is 0 Å². The Labute approximate surface area is 114 Å². The quantitative estimate of drug-likeness (QED) is 0.607. The first-order valence-electron chi connectivity index (χ1n) is 6.47. The predicted molar refractivity (Wildman–Crippen MR) is 85.2 cm³/mol. The molecule has 0 fully saturated rings. The average Bonchev–Trinajstić information content (AvgIpc) is 2.26. The van der Waals surface area contributed by atoms with Crippen molar-refractivity contribution in [3.63, 3.8) is 0 Å². The van der Waals surface area contributed by atoms with Crippen molar-refractivity contribution in [2.75, 3.05) is 0 Å². The molecule has 0 aliphatic rings. The highest BCUT2D eigenvalue weighted by molar-refractivity contribution is 6.96. The van der Waals surface area contributed by atoms with Gasteiger partial charge in [0.25, 0.3) is 0 Å². The van der Waals surface area contributed by atoms with Gasteiger partial charge in [-0.1, -0.05) is 49.3 Å². The van der Waals surface area contributed by atoms with Crippen LogP contribution in [0.4, 0.5) is 0 Å². The first-order chi connectivity index (χ1) is 8.21. The van der Waals surface area contributed by atoms with E-state index in [0.717, 1.165) is 0 Å². The van der Waals surface area contributed by atoms with Crippen LogP contribution < -0.4 is 5.19 Å². The van der Waals surface area contributed by atoms with Crippen LogP contribution in [0.1, 0.15) is 6.92 Å². The Morgan fingerprint density at radius 3 is 2.06 bits per heavy atom. The van der Waals surface area contributed by atoms with Crippen molar-refractivity contribution in [1.29, 1.82) is 0 Å². The van der Waals surface area contributed by atoms with Gasteiger partial charge in [-0.05, 0) is 31.8 Å². The van der Waals surface area contributed by atoms with Crippen molar-refractivity contribution in [2.24, 2.45) is 0 Å². The molecule has 1 atom stereocenters. The molecule has 0 spiro atoms. The normalized spacial score (nSPS) is 13.7. The Balaban J connectivity index is 2.78. The van der Waals surface area contributed by atoms with Gasteiger partial charge in [-0.25, -0.2) is 0 Å². The minimum atomic E-state index is -1.64. The largest absolute Gasteiger partial charge is 0.404 e.